The maximum absolute atomic E-state index is 11.8. The second-order valence-corrected chi connectivity index (χ2v) is 4.86. The van der Waals surface area contributed by atoms with Gasteiger partial charge in [0, 0.05) is 13.2 Å². The number of nitrogens with one attached hydrogen (secondary N) is 1. The summed E-state index contributed by atoms with van der Waals surface area (Å²) in [5.74, 6) is 0.128. The van der Waals surface area contributed by atoms with E-state index in [0.717, 1.165) is 12.8 Å². The Morgan fingerprint density at radius 2 is 2.19 bits per heavy atom. The Kier molecular flexibility index (Phi) is 4.99. The van der Waals surface area contributed by atoms with Gasteiger partial charge in [-0.05, 0) is 25.0 Å². The minimum absolute atomic E-state index is 0.0621. The largest absolute Gasteiger partial charge is 0.483 e. The predicted molar refractivity (Wildman–Crippen MR) is 76.4 cm³/mol. The highest BCUT2D eigenvalue weighted by molar-refractivity contribution is 5.99. The molecule has 7 heteroatoms. The lowest BCUT2D eigenvalue weighted by Gasteiger charge is -2.34. The lowest BCUT2D eigenvalue weighted by atomic mass is 9.89. The molecule has 1 aromatic rings. The van der Waals surface area contributed by atoms with Crippen molar-refractivity contribution in [2.45, 2.75) is 25.0 Å². The van der Waals surface area contributed by atoms with Crippen molar-refractivity contribution in [3.05, 3.63) is 29.8 Å². The zero-order valence-electron chi connectivity index (χ0n) is 11.8. The van der Waals surface area contributed by atoms with Crippen molar-refractivity contribution in [3.8, 4) is 5.75 Å². The highest BCUT2D eigenvalue weighted by atomic mass is 16.5. The van der Waals surface area contributed by atoms with Gasteiger partial charge in [0.25, 0.3) is 5.91 Å². The SMILES string of the molecule is COC1CC(NC(=O)COc2ccccc2/C(N)=N/O)C1. The third kappa shape index (κ3) is 3.85. The first-order valence-electron chi connectivity index (χ1n) is 6.66. The van der Waals surface area contributed by atoms with Crippen LogP contribution in [0, 0.1) is 0 Å². The van der Waals surface area contributed by atoms with Crippen molar-refractivity contribution < 1.29 is 19.5 Å². The van der Waals surface area contributed by atoms with Crippen LogP contribution in [0.1, 0.15) is 18.4 Å². The summed E-state index contributed by atoms with van der Waals surface area (Å²) < 4.78 is 10.6. The molecule has 0 spiro atoms. The monoisotopic (exact) mass is 293 g/mol. The third-order valence-corrected chi connectivity index (χ3v) is 3.42. The lowest BCUT2D eigenvalue weighted by molar-refractivity contribution is -0.125. The molecule has 7 nitrogen and oxygen atoms in total. The molecule has 1 fully saturated rings. The van der Waals surface area contributed by atoms with Gasteiger partial charge in [0.05, 0.1) is 11.7 Å². The summed E-state index contributed by atoms with van der Waals surface area (Å²) in [4.78, 5) is 11.8. The summed E-state index contributed by atoms with van der Waals surface area (Å²) in [6, 6.07) is 6.93. The normalized spacial score (nSPS) is 21.5. The molecule has 0 aliphatic heterocycles. The van der Waals surface area contributed by atoms with Crippen molar-refractivity contribution in [3.63, 3.8) is 0 Å². The van der Waals surface area contributed by atoms with Gasteiger partial charge in [0.15, 0.2) is 12.4 Å². The molecule has 0 aromatic heterocycles. The van der Waals surface area contributed by atoms with Crippen LogP contribution in [0.3, 0.4) is 0 Å². The van der Waals surface area contributed by atoms with Gasteiger partial charge in [0.2, 0.25) is 0 Å². The maximum Gasteiger partial charge on any atom is 0.258 e. The van der Waals surface area contributed by atoms with Crippen LogP contribution < -0.4 is 15.8 Å². The molecule has 0 heterocycles. The van der Waals surface area contributed by atoms with E-state index in [0.29, 0.717) is 11.3 Å². The number of amides is 1. The predicted octanol–water partition coefficient (Wildman–Crippen LogP) is 0.453. The molecule has 0 unspecified atom stereocenters. The molecule has 1 aliphatic carbocycles. The average molecular weight is 293 g/mol. The van der Waals surface area contributed by atoms with Gasteiger partial charge in [-0.1, -0.05) is 17.3 Å². The summed E-state index contributed by atoms with van der Waals surface area (Å²) in [5, 5.41) is 14.5. The second kappa shape index (κ2) is 6.94. The van der Waals surface area contributed by atoms with Gasteiger partial charge >= 0.3 is 0 Å². The van der Waals surface area contributed by atoms with Crippen LogP contribution in [0.4, 0.5) is 0 Å². The smallest absolute Gasteiger partial charge is 0.258 e. The molecule has 4 N–H and O–H groups in total. The van der Waals surface area contributed by atoms with Crippen molar-refractivity contribution in [1.82, 2.24) is 5.32 Å². The first-order valence-corrected chi connectivity index (χ1v) is 6.66. The van der Waals surface area contributed by atoms with Gasteiger partial charge in [-0.25, -0.2) is 0 Å². The number of carbonyl (C=O) groups is 1. The molecule has 21 heavy (non-hydrogen) atoms. The van der Waals surface area contributed by atoms with E-state index in [9.17, 15) is 4.79 Å². The topological polar surface area (TPSA) is 106 Å². The van der Waals surface area contributed by atoms with Crippen molar-refractivity contribution >= 4 is 11.7 Å². The number of carbonyl (C=O) groups excluding carboxylic acids is 1. The number of methoxy groups -OCH3 is 1. The molecule has 114 valence electrons. The molecular weight excluding hydrogens is 274 g/mol. The van der Waals surface area contributed by atoms with E-state index in [2.05, 4.69) is 10.5 Å². The molecule has 0 radical (unpaired) electrons. The fourth-order valence-corrected chi connectivity index (χ4v) is 2.15. The molecule has 1 aliphatic rings. The Morgan fingerprint density at radius 3 is 2.86 bits per heavy atom. The van der Waals surface area contributed by atoms with E-state index in [1.54, 1.807) is 31.4 Å². The standard InChI is InChI=1S/C14H19N3O4/c1-20-10-6-9(7-10)16-13(18)8-21-12-5-3-2-4-11(12)14(15)17-19/h2-5,9-10,19H,6-8H2,1H3,(H2,15,17)(H,16,18). The van der Waals surface area contributed by atoms with Crippen LogP contribution in [0.2, 0.25) is 0 Å². The van der Waals surface area contributed by atoms with Gasteiger partial charge in [-0.3, -0.25) is 4.79 Å². The molecule has 1 aromatic carbocycles. The fourth-order valence-electron chi connectivity index (χ4n) is 2.15. The number of hydrogen-bond acceptors (Lipinski definition) is 5. The highest BCUT2D eigenvalue weighted by Gasteiger charge is 2.30. The summed E-state index contributed by atoms with van der Waals surface area (Å²) in [5.41, 5.74) is 5.99. The number of benzene rings is 1. The number of hydrogen-bond donors (Lipinski definition) is 3. The van der Waals surface area contributed by atoms with Gasteiger partial charge in [-0.15, -0.1) is 0 Å². The summed E-state index contributed by atoms with van der Waals surface area (Å²) >= 11 is 0. The third-order valence-electron chi connectivity index (χ3n) is 3.42. The van der Waals surface area contributed by atoms with Crippen LogP contribution in [0.25, 0.3) is 0 Å². The summed E-state index contributed by atoms with van der Waals surface area (Å²) in [6.45, 7) is -0.121. The minimum atomic E-state index is -0.205. The maximum atomic E-state index is 11.8. The number of nitrogens with zero attached hydrogens (tertiary/aromatic N) is 1. The summed E-state index contributed by atoms with van der Waals surface area (Å²) in [6.07, 6.45) is 1.88. The molecular formula is C14H19N3O4. The fraction of sp³-hybridized carbons (Fsp3) is 0.429. The van der Waals surface area contributed by atoms with E-state index in [4.69, 9.17) is 20.4 Å². The second-order valence-electron chi connectivity index (χ2n) is 4.86. The number of para-hydroxylation sites is 1. The number of oxime groups is 1. The van der Waals surface area contributed by atoms with E-state index >= 15 is 0 Å². The van der Waals surface area contributed by atoms with Crippen molar-refractivity contribution in [2.75, 3.05) is 13.7 Å². The van der Waals surface area contributed by atoms with Crippen LogP contribution in [-0.4, -0.2) is 42.8 Å². The molecule has 0 atom stereocenters. The van der Waals surface area contributed by atoms with E-state index in [1.807, 2.05) is 0 Å². The zero-order valence-corrected chi connectivity index (χ0v) is 11.8. The molecule has 1 amide bonds. The van der Waals surface area contributed by atoms with E-state index < -0.39 is 0 Å². The zero-order chi connectivity index (χ0) is 15.2. The Hall–Kier alpha value is -2.28. The molecule has 0 bridgehead atoms. The number of amidine groups is 1. The molecule has 1 saturated carbocycles. The summed E-state index contributed by atoms with van der Waals surface area (Å²) in [7, 11) is 1.66. The average Bonchev–Trinajstić information content (AvgIpc) is 2.47. The highest BCUT2D eigenvalue weighted by Crippen LogP contribution is 2.22. The molecule has 2 rings (SSSR count). The molecule has 0 saturated heterocycles. The Bertz CT molecular complexity index is 527. The Balaban J connectivity index is 1.84. The van der Waals surface area contributed by atoms with Crippen LogP contribution >= 0.6 is 0 Å². The van der Waals surface area contributed by atoms with E-state index in [-0.39, 0.29) is 30.5 Å². The Labute approximate surface area is 122 Å². The van der Waals surface area contributed by atoms with Gasteiger partial charge < -0.3 is 25.7 Å². The first-order chi connectivity index (χ1) is 10.1. The van der Waals surface area contributed by atoms with Crippen molar-refractivity contribution in [2.24, 2.45) is 10.9 Å². The van der Waals surface area contributed by atoms with Crippen LogP contribution in [0.5, 0.6) is 5.75 Å². The van der Waals surface area contributed by atoms with Crippen molar-refractivity contribution in [1.29, 1.82) is 0 Å². The van der Waals surface area contributed by atoms with E-state index in [1.165, 1.54) is 0 Å². The minimum Gasteiger partial charge on any atom is -0.483 e. The lowest BCUT2D eigenvalue weighted by Crippen LogP contribution is -2.48. The number of rotatable bonds is 6. The van der Waals surface area contributed by atoms with Gasteiger partial charge in [-0.2, -0.15) is 0 Å². The van der Waals surface area contributed by atoms with Crippen LogP contribution in [-0.2, 0) is 9.53 Å². The van der Waals surface area contributed by atoms with Crippen LogP contribution in [0.15, 0.2) is 29.4 Å². The first kappa shape index (κ1) is 15.1. The van der Waals surface area contributed by atoms with Gasteiger partial charge in [0.1, 0.15) is 5.75 Å². The Morgan fingerprint density at radius 1 is 1.48 bits per heavy atom. The quantitative estimate of drug-likeness (QED) is 0.306. The number of nitrogens with two attached hydrogens (primary N) is 1. The number of ether oxygens (including phenoxy) is 2.